The van der Waals surface area contributed by atoms with Crippen molar-refractivity contribution in [2.45, 2.75) is 26.0 Å². The SMILES string of the molecule is COC1CCN(Cc2cc(=O)n3[nH]c(C)nc3n2)C1. The predicted molar refractivity (Wildman–Crippen MR) is 69.0 cm³/mol. The van der Waals surface area contributed by atoms with Gasteiger partial charge in [-0.05, 0) is 13.3 Å². The van der Waals surface area contributed by atoms with Gasteiger partial charge in [0, 0.05) is 32.8 Å². The molecule has 19 heavy (non-hydrogen) atoms. The number of aryl methyl sites for hydroxylation is 1. The molecule has 1 saturated heterocycles. The third-order valence-corrected chi connectivity index (χ3v) is 3.44. The van der Waals surface area contributed by atoms with Crippen LogP contribution in [0, 0.1) is 6.92 Å². The average Bonchev–Trinajstić information content (AvgIpc) is 2.95. The number of hydrogen-bond donors (Lipinski definition) is 1. The Labute approximate surface area is 110 Å². The maximum atomic E-state index is 11.9. The number of nitrogens with zero attached hydrogens (tertiary/aromatic N) is 4. The zero-order chi connectivity index (χ0) is 13.4. The topological polar surface area (TPSA) is 75.5 Å². The van der Waals surface area contributed by atoms with Gasteiger partial charge in [0.15, 0.2) is 0 Å². The minimum Gasteiger partial charge on any atom is -0.380 e. The molecule has 0 aromatic carbocycles. The molecule has 3 rings (SSSR count). The van der Waals surface area contributed by atoms with Gasteiger partial charge in [0.1, 0.15) is 5.82 Å². The van der Waals surface area contributed by atoms with Crippen molar-refractivity contribution < 1.29 is 4.74 Å². The second-order valence-corrected chi connectivity index (χ2v) is 4.91. The summed E-state index contributed by atoms with van der Waals surface area (Å²) in [5.74, 6) is 1.12. The van der Waals surface area contributed by atoms with Gasteiger partial charge in [-0.15, -0.1) is 0 Å². The summed E-state index contributed by atoms with van der Waals surface area (Å²) in [5, 5.41) is 2.86. The van der Waals surface area contributed by atoms with Crippen LogP contribution in [0.4, 0.5) is 0 Å². The minimum absolute atomic E-state index is 0.122. The molecule has 0 radical (unpaired) electrons. The molecule has 1 atom stereocenters. The molecule has 2 aromatic heterocycles. The summed E-state index contributed by atoms with van der Waals surface area (Å²) in [5.41, 5.74) is 0.636. The van der Waals surface area contributed by atoms with Crippen molar-refractivity contribution in [3.05, 3.63) is 27.9 Å². The van der Waals surface area contributed by atoms with E-state index in [-0.39, 0.29) is 11.7 Å². The summed E-state index contributed by atoms with van der Waals surface area (Å²) >= 11 is 0. The molecule has 1 N–H and O–H groups in total. The largest absolute Gasteiger partial charge is 0.380 e. The molecule has 1 aliphatic heterocycles. The van der Waals surface area contributed by atoms with Gasteiger partial charge < -0.3 is 4.74 Å². The number of fused-ring (bicyclic) bond motifs is 1. The van der Waals surface area contributed by atoms with Crippen LogP contribution in [-0.4, -0.2) is 50.8 Å². The Kier molecular flexibility index (Phi) is 3.08. The fraction of sp³-hybridized carbons (Fsp3) is 0.583. The number of aromatic nitrogens is 4. The van der Waals surface area contributed by atoms with Crippen LogP contribution < -0.4 is 5.56 Å². The first-order valence-electron chi connectivity index (χ1n) is 6.36. The van der Waals surface area contributed by atoms with Gasteiger partial charge in [0.05, 0.1) is 11.8 Å². The van der Waals surface area contributed by atoms with Gasteiger partial charge in [-0.25, -0.2) is 4.98 Å². The lowest BCUT2D eigenvalue weighted by atomic mass is 10.3. The molecule has 7 heteroatoms. The minimum atomic E-state index is -0.122. The van der Waals surface area contributed by atoms with Crippen LogP contribution in [0.2, 0.25) is 0 Å². The van der Waals surface area contributed by atoms with Crippen LogP contribution >= 0.6 is 0 Å². The summed E-state index contributed by atoms with van der Waals surface area (Å²) in [6.45, 7) is 4.32. The molecular formula is C12H17N5O2. The van der Waals surface area contributed by atoms with Crippen molar-refractivity contribution in [3.63, 3.8) is 0 Å². The summed E-state index contributed by atoms with van der Waals surface area (Å²) < 4.78 is 6.69. The number of hydrogen-bond acceptors (Lipinski definition) is 5. The van der Waals surface area contributed by atoms with Crippen LogP contribution in [0.3, 0.4) is 0 Å². The van der Waals surface area contributed by atoms with Gasteiger partial charge in [0.25, 0.3) is 11.3 Å². The van der Waals surface area contributed by atoms with E-state index >= 15 is 0 Å². The lowest BCUT2D eigenvalue weighted by molar-refractivity contribution is 0.107. The summed E-state index contributed by atoms with van der Waals surface area (Å²) in [6, 6.07) is 1.56. The van der Waals surface area contributed by atoms with E-state index in [9.17, 15) is 4.79 Å². The maximum absolute atomic E-state index is 11.9. The monoisotopic (exact) mass is 263 g/mol. The van der Waals surface area contributed by atoms with E-state index < -0.39 is 0 Å². The zero-order valence-corrected chi connectivity index (χ0v) is 11.1. The van der Waals surface area contributed by atoms with E-state index in [2.05, 4.69) is 20.0 Å². The molecule has 1 unspecified atom stereocenters. The Morgan fingerprint density at radius 2 is 2.37 bits per heavy atom. The highest BCUT2D eigenvalue weighted by Crippen LogP contribution is 2.14. The second kappa shape index (κ2) is 4.75. The Hall–Kier alpha value is -1.73. The van der Waals surface area contributed by atoms with Gasteiger partial charge in [-0.3, -0.25) is 14.8 Å². The van der Waals surface area contributed by atoms with Crippen molar-refractivity contribution in [1.29, 1.82) is 0 Å². The third kappa shape index (κ3) is 2.39. The molecule has 1 fully saturated rings. The summed E-state index contributed by atoms with van der Waals surface area (Å²) in [4.78, 5) is 22.8. The van der Waals surface area contributed by atoms with Crippen LogP contribution in [0.15, 0.2) is 10.9 Å². The fourth-order valence-electron chi connectivity index (χ4n) is 2.48. The molecule has 0 aliphatic carbocycles. The molecule has 0 saturated carbocycles. The lowest BCUT2D eigenvalue weighted by Crippen LogP contribution is -2.25. The van der Waals surface area contributed by atoms with E-state index in [0.717, 1.165) is 25.2 Å². The highest BCUT2D eigenvalue weighted by Gasteiger charge is 2.22. The van der Waals surface area contributed by atoms with E-state index in [1.807, 2.05) is 0 Å². The highest BCUT2D eigenvalue weighted by atomic mass is 16.5. The normalized spacial score (nSPS) is 20.4. The van der Waals surface area contributed by atoms with E-state index in [0.29, 0.717) is 18.1 Å². The first kappa shape index (κ1) is 12.3. The molecule has 7 nitrogen and oxygen atoms in total. The second-order valence-electron chi connectivity index (χ2n) is 4.91. The predicted octanol–water partition coefficient (Wildman–Crippen LogP) is -0.0533. The smallest absolute Gasteiger partial charge is 0.274 e. The molecular weight excluding hydrogens is 246 g/mol. The van der Waals surface area contributed by atoms with Crippen molar-refractivity contribution >= 4 is 5.78 Å². The number of H-pyrrole nitrogens is 1. The van der Waals surface area contributed by atoms with Gasteiger partial charge in [0.2, 0.25) is 0 Å². The number of methoxy groups -OCH3 is 1. The number of aromatic amines is 1. The van der Waals surface area contributed by atoms with Crippen molar-refractivity contribution in [1.82, 2.24) is 24.5 Å². The van der Waals surface area contributed by atoms with Crippen LogP contribution in [0.5, 0.6) is 0 Å². The standard InChI is InChI=1S/C12H17N5O2/c1-8-13-12-14-9(5-11(18)17(12)15-8)6-16-4-3-10(7-16)19-2/h5,10H,3-4,6-7H2,1-2H3,(H,13,14,15). The first-order chi connectivity index (χ1) is 9.15. The number of nitrogens with one attached hydrogen (secondary N) is 1. The average molecular weight is 263 g/mol. The third-order valence-electron chi connectivity index (χ3n) is 3.44. The maximum Gasteiger partial charge on any atom is 0.274 e. The number of likely N-dealkylation sites (tertiary alicyclic amines) is 1. The summed E-state index contributed by atoms with van der Waals surface area (Å²) in [7, 11) is 1.73. The van der Waals surface area contributed by atoms with Crippen molar-refractivity contribution in [3.8, 4) is 0 Å². The molecule has 2 aromatic rings. The van der Waals surface area contributed by atoms with Gasteiger partial charge in [-0.1, -0.05) is 0 Å². The Bertz CT molecular complexity index is 647. The highest BCUT2D eigenvalue weighted by molar-refractivity contribution is 5.27. The summed E-state index contributed by atoms with van der Waals surface area (Å²) in [6.07, 6.45) is 1.32. The Balaban J connectivity index is 1.83. The van der Waals surface area contributed by atoms with Crippen molar-refractivity contribution in [2.24, 2.45) is 0 Å². The Morgan fingerprint density at radius 1 is 1.53 bits per heavy atom. The van der Waals surface area contributed by atoms with Crippen LogP contribution in [0.1, 0.15) is 17.9 Å². The molecule has 1 aliphatic rings. The molecule has 102 valence electrons. The lowest BCUT2D eigenvalue weighted by Gasteiger charge is -2.14. The Morgan fingerprint density at radius 3 is 3.11 bits per heavy atom. The van der Waals surface area contributed by atoms with Crippen molar-refractivity contribution in [2.75, 3.05) is 20.2 Å². The molecule has 0 spiro atoms. The molecule has 0 amide bonds. The fourth-order valence-corrected chi connectivity index (χ4v) is 2.48. The van der Waals surface area contributed by atoms with E-state index in [4.69, 9.17) is 4.74 Å². The number of rotatable bonds is 3. The number of ether oxygens (including phenoxy) is 1. The van der Waals surface area contributed by atoms with E-state index in [1.54, 1.807) is 20.1 Å². The zero-order valence-electron chi connectivity index (χ0n) is 11.1. The quantitative estimate of drug-likeness (QED) is 0.840. The van der Waals surface area contributed by atoms with E-state index in [1.165, 1.54) is 4.52 Å². The van der Waals surface area contributed by atoms with Gasteiger partial charge in [-0.2, -0.15) is 9.50 Å². The molecule has 3 heterocycles. The van der Waals surface area contributed by atoms with Crippen LogP contribution in [0.25, 0.3) is 5.78 Å². The van der Waals surface area contributed by atoms with Gasteiger partial charge >= 0.3 is 0 Å². The van der Waals surface area contributed by atoms with Crippen LogP contribution in [-0.2, 0) is 11.3 Å². The first-order valence-corrected chi connectivity index (χ1v) is 6.36. The molecule has 0 bridgehead atoms.